The molecule has 0 saturated carbocycles. The fourth-order valence-corrected chi connectivity index (χ4v) is 2.38. The molecule has 1 unspecified atom stereocenters. The molecule has 1 fully saturated rings. The average Bonchev–Trinajstić information content (AvgIpc) is 2.11. The van der Waals surface area contributed by atoms with E-state index in [9.17, 15) is 0 Å². The van der Waals surface area contributed by atoms with Crippen molar-refractivity contribution in [2.75, 3.05) is 32.8 Å². The molecule has 1 rings (SSSR count). The van der Waals surface area contributed by atoms with Crippen LogP contribution in [-0.4, -0.2) is 43.0 Å². The van der Waals surface area contributed by atoms with E-state index in [-0.39, 0.29) is 0 Å². The quantitative estimate of drug-likeness (QED) is 0.521. The molecular weight excluding hydrogens is 218 g/mol. The van der Waals surface area contributed by atoms with Crippen molar-refractivity contribution in [1.29, 1.82) is 0 Å². The Morgan fingerprint density at radius 1 is 1.31 bits per heavy atom. The van der Waals surface area contributed by atoms with Gasteiger partial charge in [-0.1, -0.05) is 20.8 Å². The maximum absolute atomic E-state index is 5.70. The van der Waals surface area contributed by atoms with Crippen molar-refractivity contribution in [3.05, 3.63) is 0 Å². The lowest BCUT2D eigenvalue weighted by atomic mass is 10.0. The fraction of sp³-hybridized carbons (Fsp3) is 1.00. The van der Waals surface area contributed by atoms with Crippen molar-refractivity contribution in [2.24, 2.45) is 11.8 Å². The smallest absolute Gasteiger partial charge is 0.0518 e. The van der Waals surface area contributed by atoms with Gasteiger partial charge in [0.2, 0.25) is 0 Å². The Bertz CT molecular complexity index is 179. The third kappa shape index (κ3) is 6.12. The summed E-state index contributed by atoms with van der Waals surface area (Å²) >= 11 is 4.40. The highest BCUT2D eigenvalue weighted by Gasteiger charge is 2.26. The zero-order valence-electron chi connectivity index (χ0n) is 11.0. The number of hydrogen-bond acceptors (Lipinski definition) is 3. The van der Waals surface area contributed by atoms with Crippen LogP contribution in [0.4, 0.5) is 0 Å². The lowest BCUT2D eigenvalue weighted by molar-refractivity contribution is 0.0140. The van der Waals surface area contributed by atoms with Gasteiger partial charge in [-0.05, 0) is 18.8 Å². The standard InChI is InChI=1S/C13H27NOS/c1-11(2)5-4-6-15-10-13-8-14(9-13)7-12(3)16/h11-13,16H,4-10H2,1-3H3. The van der Waals surface area contributed by atoms with Crippen molar-refractivity contribution < 1.29 is 4.74 Å². The maximum atomic E-state index is 5.70. The number of rotatable bonds is 8. The van der Waals surface area contributed by atoms with Gasteiger partial charge in [0.25, 0.3) is 0 Å². The van der Waals surface area contributed by atoms with Crippen LogP contribution in [0.15, 0.2) is 0 Å². The predicted octanol–water partition coefficient (Wildman–Crippen LogP) is 2.69. The molecule has 96 valence electrons. The molecule has 1 atom stereocenters. The normalized spacial score (nSPS) is 20.1. The summed E-state index contributed by atoms with van der Waals surface area (Å²) in [6.45, 7) is 12.1. The topological polar surface area (TPSA) is 12.5 Å². The summed E-state index contributed by atoms with van der Waals surface area (Å²) in [6.07, 6.45) is 2.50. The predicted molar refractivity (Wildman–Crippen MR) is 73.3 cm³/mol. The van der Waals surface area contributed by atoms with E-state index in [0.29, 0.717) is 5.25 Å². The van der Waals surface area contributed by atoms with Crippen LogP contribution in [0.25, 0.3) is 0 Å². The Morgan fingerprint density at radius 3 is 2.56 bits per heavy atom. The van der Waals surface area contributed by atoms with Crippen molar-refractivity contribution in [1.82, 2.24) is 4.90 Å². The van der Waals surface area contributed by atoms with E-state index in [0.717, 1.165) is 31.6 Å². The van der Waals surface area contributed by atoms with E-state index in [1.165, 1.54) is 25.9 Å². The molecule has 1 aliphatic rings. The molecule has 0 aromatic carbocycles. The van der Waals surface area contributed by atoms with Crippen LogP contribution in [0.1, 0.15) is 33.6 Å². The molecule has 1 heterocycles. The number of thiol groups is 1. The van der Waals surface area contributed by atoms with Crippen LogP contribution >= 0.6 is 12.6 Å². The molecule has 0 bridgehead atoms. The highest BCUT2D eigenvalue weighted by Crippen LogP contribution is 2.17. The molecule has 0 spiro atoms. The number of nitrogens with zero attached hydrogens (tertiary/aromatic N) is 1. The monoisotopic (exact) mass is 245 g/mol. The summed E-state index contributed by atoms with van der Waals surface area (Å²) in [5.41, 5.74) is 0. The lowest BCUT2D eigenvalue weighted by Gasteiger charge is -2.39. The molecule has 1 saturated heterocycles. The molecule has 1 aliphatic heterocycles. The first-order valence-electron chi connectivity index (χ1n) is 6.56. The van der Waals surface area contributed by atoms with E-state index in [1.807, 2.05) is 0 Å². The minimum absolute atomic E-state index is 0.493. The van der Waals surface area contributed by atoms with Gasteiger partial charge in [0, 0.05) is 37.4 Å². The van der Waals surface area contributed by atoms with E-state index in [4.69, 9.17) is 4.74 Å². The second-order valence-electron chi connectivity index (χ2n) is 5.54. The lowest BCUT2D eigenvalue weighted by Crippen LogP contribution is -2.50. The molecule has 0 aromatic heterocycles. The van der Waals surface area contributed by atoms with Gasteiger partial charge >= 0.3 is 0 Å². The highest BCUT2D eigenvalue weighted by molar-refractivity contribution is 7.80. The van der Waals surface area contributed by atoms with Crippen LogP contribution in [0.5, 0.6) is 0 Å². The third-order valence-electron chi connectivity index (χ3n) is 2.98. The molecule has 0 aromatic rings. The molecule has 0 aliphatic carbocycles. The SMILES string of the molecule is CC(C)CCCOCC1CN(CC(C)S)C1. The summed E-state index contributed by atoms with van der Waals surface area (Å²) in [6, 6.07) is 0. The van der Waals surface area contributed by atoms with Gasteiger partial charge in [-0.2, -0.15) is 12.6 Å². The number of likely N-dealkylation sites (tertiary alicyclic amines) is 1. The van der Waals surface area contributed by atoms with Gasteiger partial charge in [0.15, 0.2) is 0 Å². The van der Waals surface area contributed by atoms with Crippen LogP contribution in [0.3, 0.4) is 0 Å². The first-order valence-corrected chi connectivity index (χ1v) is 7.07. The van der Waals surface area contributed by atoms with Crippen molar-refractivity contribution >= 4 is 12.6 Å². The summed E-state index contributed by atoms with van der Waals surface area (Å²) in [7, 11) is 0. The first kappa shape index (κ1) is 14.3. The van der Waals surface area contributed by atoms with Crippen molar-refractivity contribution in [3.8, 4) is 0 Å². The summed E-state index contributed by atoms with van der Waals surface area (Å²) in [5.74, 6) is 1.57. The van der Waals surface area contributed by atoms with Crippen LogP contribution in [0, 0.1) is 11.8 Å². The summed E-state index contributed by atoms with van der Waals surface area (Å²) in [4.78, 5) is 2.46. The van der Waals surface area contributed by atoms with Crippen LogP contribution < -0.4 is 0 Å². The average molecular weight is 245 g/mol. The third-order valence-corrected chi connectivity index (χ3v) is 3.14. The van der Waals surface area contributed by atoms with E-state index in [2.05, 4.69) is 38.3 Å². The molecule has 0 N–H and O–H groups in total. The van der Waals surface area contributed by atoms with E-state index < -0.39 is 0 Å². The van der Waals surface area contributed by atoms with Crippen molar-refractivity contribution in [2.45, 2.75) is 38.9 Å². The molecule has 0 radical (unpaired) electrons. The zero-order valence-corrected chi connectivity index (χ0v) is 11.9. The van der Waals surface area contributed by atoms with Gasteiger partial charge in [0.1, 0.15) is 0 Å². The van der Waals surface area contributed by atoms with Gasteiger partial charge in [-0.15, -0.1) is 0 Å². The molecule has 3 heteroatoms. The van der Waals surface area contributed by atoms with Crippen LogP contribution in [0.2, 0.25) is 0 Å². The first-order chi connectivity index (χ1) is 7.58. The molecule has 2 nitrogen and oxygen atoms in total. The second kappa shape index (κ2) is 7.57. The maximum Gasteiger partial charge on any atom is 0.0518 e. The molecular formula is C13H27NOS. The van der Waals surface area contributed by atoms with Crippen LogP contribution in [-0.2, 0) is 4.74 Å². The highest BCUT2D eigenvalue weighted by atomic mass is 32.1. The Balaban J connectivity index is 1.86. The molecule has 0 amide bonds. The fourth-order valence-electron chi connectivity index (χ4n) is 2.15. The second-order valence-corrected chi connectivity index (χ2v) is 6.43. The Labute approximate surface area is 106 Å². The largest absolute Gasteiger partial charge is 0.381 e. The van der Waals surface area contributed by atoms with Crippen molar-refractivity contribution in [3.63, 3.8) is 0 Å². The van der Waals surface area contributed by atoms with E-state index >= 15 is 0 Å². The zero-order chi connectivity index (χ0) is 12.0. The molecule has 16 heavy (non-hydrogen) atoms. The Morgan fingerprint density at radius 2 is 2.00 bits per heavy atom. The Kier molecular flexibility index (Phi) is 6.78. The van der Waals surface area contributed by atoms with E-state index in [1.54, 1.807) is 0 Å². The summed E-state index contributed by atoms with van der Waals surface area (Å²) in [5, 5.41) is 0.493. The Hall–Kier alpha value is 0.270. The minimum Gasteiger partial charge on any atom is -0.381 e. The number of hydrogen-bond donors (Lipinski definition) is 1. The van der Waals surface area contributed by atoms with Gasteiger partial charge in [0.05, 0.1) is 6.61 Å². The number of ether oxygens (including phenoxy) is 1. The minimum atomic E-state index is 0.493. The summed E-state index contributed by atoms with van der Waals surface area (Å²) < 4.78 is 5.70. The van der Waals surface area contributed by atoms with Gasteiger partial charge in [-0.25, -0.2) is 0 Å². The van der Waals surface area contributed by atoms with Gasteiger partial charge in [-0.3, -0.25) is 0 Å². The van der Waals surface area contributed by atoms with Gasteiger partial charge < -0.3 is 9.64 Å².